The van der Waals surface area contributed by atoms with Crippen LogP contribution in [0.1, 0.15) is 0 Å². The van der Waals surface area contributed by atoms with Crippen LogP contribution >= 0.6 is 0 Å². The van der Waals surface area contributed by atoms with E-state index in [0.717, 1.165) is 0 Å². The molecular formula is C6H6F2N2O. The van der Waals surface area contributed by atoms with E-state index >= 15 is 0 Å². The fourth-order valence-corrected chi connectivity index (χ4v) is 0.536. The Labute approximate surface area is 62.0 Å². The highest BCUT2D eigenvalue weighted by Crippen LogP contribution is 2.04. The number of anilines is 1. The van der Waals surface area contributed by atoms with Gasteiger partial charge in [-0.1, -0.05) is 0 Å². The van der Waals surface area contributed by atoms with Crippen LogP contribution in [0.5, 0.6) is 0 Å². The third kappa shape index (κ3) is 2.90. The molecule has 11 heavy (non-hydrogen) atoms. The van der Waals surface area contributed by atoms with Crippen molar-refractivity contribution in [2.24, 2.45) is 0 Å². The van der Waals surface area contributed by atoms with Crippen molar-refractivity contribution in [3.05, 3.63) is 24.5 Å². The molecule has 0 fully saturated rings. The molecule has 5 heteroatoms. The number of pyridine rings is 1. The normalized spacial score (nSPS) is 10.1. The minimum absolute atomic E-state index is 0.396. The number of hydrogen-bond donors (Lipinski definition) is 1. The first kappa shape index (κ1) is 7.87. The fraction of sp³-hybridized carbons (Fsp3) is 0.167. The van der Waals surface area contributed by atoms with E-state index in [1.54, 1.807) is 12.1 Å². The van der Waals surface area contributed by atoms with Gasteiger partial charge in [0.15, 0.2) is 0 Å². The summed E-state index contributed by atoms with van der Waals surface area (Å²) in [5, 5.41) is 0. The molecule has 0 saturated heterocycles. The Morgan fingerprint density at radius 2 is 2.36 bits per heavy atom. The van der Waals surface area contributed by atoms with E-state index in [1.165, 1.54) is 12.4 Å². The predicted molar refractivity (Wildman–Crippen MR) is 34.9 cm³/mol. The summed E-state index contributed by atoms with van der Waals surface area (Å²) in [5.41, 5.74) is 2.43. The number of nitrogens with zero attached hydrogens (tertiary/aromatic N) is 1. The topological polar surface area (TPSA) is 34.1 Å². The van der Waals surface area contributed by atoms with Gasteiger partial charge in [0.25, 0.3) is 0 Å². The standard InChI is InChI=1S/C6H6F2N2O/c7-6(8)11-10-5-2-1-3-9-4-5/h1-4,6,10H. The lowest BCUT2D eigenvalue weighted by Gasteiger charge is -2.03. The van der Waals surface area contributed by atoms with Crippen molar-refractivity contribution in [1.29, 1.82) is 0 Å². The average molecular weight is 160 g/mol. The van der Waals surface area contributed by atoms with Crippen molar-refractivity contribution >= 4 is 5.69 Å². The van der Waals surface area contributed by atoms with Crippen molar-refractivity contribution in [1.82, 2.24) is 4.98 Å². The minimum atomic E-state index is -2.82. The van der Waals surface area contributed by atoms with Gasteiger partial charge in [-0.2, -0.15) is 8.78 Å². The number of hydrogen-bond acceptors (Lipinski definition) is 3. The Hall–Kier alpha value is -1.23. The van der Waals surface area contributed by atoms with Crippen LogP contribution in [0.25, 0.3) is 0 Å². The van der Waals surface area contributed by atoms with E-state index < -0.39 is 6.61 Å². The zero-order chi connectivity index (χ0) is 8.10. The summed E-state index contributed by atoms with van der Waals surface area (Å²) in [6.45, 7) is -2.82. The predicted octanol–water partition coefficient (Wildman–Crippen LogP) is 1.65. The second-order valence-electron chi connectivity index (χ2n) is 1.72. The molecule has 1 aromatic rings. The van der Waals surface area contributed by atoms with Gasteiger partial charge in [0, 0.05) is 6.20 Å². The number of aromatic nitrogens is 1. The Bertz CT molecular complexity index is 205. The van der Waals surface area contributed by atoms with E-state index in [9.17, 15) is 8.78 Å². The van der Waals surface area contributed by atoms with Gasteiger partial charge in [-0.25, -0.2) is 4.84 Å². The Morgan fingerprint density at radius 3 is 2.91 bits per heavy atom. The molecule has 1 heterocycles. The van der Waals surface area contributed by atoms with Gasteiger partial charge >= 0.3 is 6.61 Å². The van der Waals surface area contributed by atoms with Crippen LogP contribution in [0.2, 0.25) is 0 Å². The highest BCUT2D eigenvalue weighted by Gasteiger charge is 2.00. The lowest BCUT2D eigenvalue weighted by molar-refractivity contribution is -0.105. The maximum absolute atomic E-state index is 11.4. The second-order valence-corrected chi connectivity index (χ2v) is 1.72. The van der Waals surface area contributed by atoms with E-state index in [2.05, 4.69) is 9.82 Å². The molecule has 1 rings (SSSR count). The lowest BCUT2D eigenvalue weighted by Crippen LogP contribution is -2.06. The van der Waals surface area contributed by atoms with Crippen molar-refractivity contribution in [3.63, 3.8) is 0 Å². The van der Waals surface area contributed by atoms with Crippen LogP contribution < -0.4 is 5.48 Å². The molecule has 1 aromatic heterocycles. The Balaban J connectivity index is 2.39. The van der Waals surface area contributed by atoms with E-state index in [0.29, 0.717) is 5.69 Å². The van der Waals surface area contributed by atoms with Crippen molar-refractivity contribution in [2.75, 3.05) is 5.48 Å². The molecule has 0 spiro atoms. The van der Waals surface area contributed by atoms with E-state index in [-0.39, 0.29) is 0 Å². The van der Waals surface area contributed by atoms with Gasteiger partial charge in [-0.3, -0.25) is 10.5 Å². The van der Waals surface area contributed by atoms with Crippen LogP contribution in [-0.4, -0.2) is 11.6 Å². The molecule has 0 unspecified atom stereocenters. The second kappa shape index (κ2) is 3.82. The number of nitrogens with one attached hydrogen (secondary N) is 1. The van der Waals surface area contributed by atoms with Crippen molar-refractivity contribution < 1.29 is 13.6 Å². The zero-order valence-electron chi connectivity index (χ0n) is 5.50. The first-order valence-corrected chi connectivity index (χ1v) is 2.89. The minimum Gasteiger partial charge on any atom is -0.262 e. The average Bonchev–Trinajstić information content (AvgIpc) is 2.03. The molecular weight excluding hydrogens is 154 g/mol. The summed E-state index contributed by atoms with van der Waals surface area (Å²) in [6.07, 6.45) is 2.91. The van der Waals surface area contributed by atoms with Gasteiger partial charge in [-0.05, 0) is 12.1 Å². The first-order valence-electron chi connectivity index (χ1n) is 2.89. The van der Waals surface area contributed by atoms with Gasteiger partial charge in [0.05, 0.1) is 11.9 Å². The molecule has 3 nitrogen and oxygen atoms in total. The van der Waals surface area contributed by atoms with Gasteiger partial charge in [0.1, 0.15) is 0 Å². The van der Waals surface area contributed by atoms with Gasteiger partial charge in [-0.15, -0.1) is 0 Å². The summed E-state index contributed by atoms with van der Waals surface area (Å²) in [6, 6.07) is 3.17. The fourth-order valence-electron chi connectivity index (χ4n) is 0.536. The summed E-state index contributed by atoms with van der Waals surface area (Å²) >= 11 is 0. The van der Waals surface area contributed by atoms with Gasteiger partial charge in [0.2, 0.25) is 0 Å². The molecule has 0 amide bonds. The SMILES string of the molecule is FC(F)ONc1cccnc1. The molecule has 0 aromatic carbocycles. The van der Waals surface area contributed by atoms with E-state index in [4.69, 9.17) is 0 Å². The van der Waals surface area contributed by atoms with Crippen molar-refractivity contribution in [2.45, 2.75) is 6.61 Å². The van der Waals surface area contributed by atoms with E-state index in [1.807, 2.05) is 5.48 Å². The van der Waals surface area contributed by atoms with Gasteiger partial charge < -0.3 is 0 Å². The maximum atomic E-state index is 11.4. The quantitative estimate of drug-likeness (QED) is 0.682. The summed E-state index contributed by atoms with van der Waals surface area (Å²) in [7, 11) is 0. The van der Waals surface area contributed by atoms with Crippen molar-refractivity contribution in [3.8, 4) is 0 Å². The summed E-state index contributed by atoms with van der Waals surface area (Å²) in [4.78, 5) is 7.48. The first-order chi connectivity index (χ1) is 5.29. The number of rotatable bonds is 3. The zero-order valence-corrected chi connectivity index (χ0v) is 5.50. The summed E-state index contributed by atoms with van der Waals surface area (Å²) < 4.78 is 22.8. The van der Waals surface area contributed by atoms with Crippen LogP contribution in [0, 0.1) is 0 Å². The highest BCUT2D eigenvalue weighted by molar-refractivity contribution is 5.36. The summed E-state index contributed by atoms with van der Waals surface area (Å²) in [5.74, 6) is 0. The molecule has 0 aliphatic carbocycles. The highest BCUT2D eigenvalue weighted by atomic mass is 19.3. The lowest BCUT2D eigenvalue weighted by atomic mass is 10.4. The van der Waals surface area contributed by atoms with Crippen LogP contribution in [0.15, 0.2) is 24.5 Å². The molecule has 0 atom stereocenters. The van der Waals surface area contributed by atoms with Crippen LogP contribution in [0.3, 0.4) is 0 Å². The third-order valence-corrected chi connectivity index (χ3v) is 0.927. The molecule has 0 aliphatic rings. The molecule has 0 aliphatic heterocycles. The third-order valence-electron chi connectivity index (χ3n) is 0.927. The Morgan fingerprint density at radius 1 is 1.55 bits per heavy atom. The monoisotopic (exact) mass is 160 g/mol. The molecule has 0 saturated carbocycles. The van der Waals surface area contributed by atoms with Crippen LogP contribution in [0.4, 0.5) is 14.5 Å². The molecule has 60 valence electrons. The molecule has 0 radical (unpaired) electrons. The number of alkyl halides is 2. The smallest absolute Gasteiger partial charge is 0.262 e. The number of halogens is 2. The Kier molecular flexibility index (Phi) is 2.74. The largest absolute Gasteiger partial charge is 0.364 e. The van der Waals surface area contributed by atoms with Crippen LogP contribution in [-0.2, 0) is 4.84 Å². The molecule has 0 bridgehead atoms. The maximum Gasteiger partial charge on any atom is 0.364 e. The molecule has 1 N–H and O–H groups in total.